The number of amides is 2. The van der Waals surface area contributed by atoms with Gasteiger partial charge >= 0.3 is 258 Å². The first-order chi connectivity index (χ1) is 21.3. The molecule has 237 valence electrons. The Kier molecular flexibility index (Phi) is 9.32. The number of nitrogen functional groups attached to an aromatic ring is 1. The van der Waals surface area contributed by atoms with Gasteiger partial charge in [0.2, 0.25) is 0 Å². The fourth-order valence-electron chi connectivity index (χ4n) is 4.71. The molecule has 1 aliphatic rings. The number of nitrogens with two attached hydrogens (primary N) is 1. The summed E-state index contributed by atoms with van der Waals surface area (Å²) in [6, 6.07) is 9.46. The zero-order valence-corrected chi connectivity index (χ0v) is 25.0. The Hall–Kier alpha value is -4.21. The van der Waals surface area contributed by atoms with Crippen molar-refractivity contribution in [1.82, 2.24) is 29.8 Å². The third-order valence-electron chi connectivity index (χ3n) is 6.66. The van der Waals surface area contributed by atoms with Crippen LogP contribution in [0.4, 0.5) is 42.8 Å². The van der Waals surface area contributed by atoms with Crippen LogP contribution in [-0.4, -0.2) is 89.9 Å². The summed E-state index contributed by atoms with van der Waals surface area (Å²) in [5.41, 5.74) is 6.13. The molecule has 1 fully saturated rings. The van der Waals surface area contributed by atoms with Gasteiger partial charge in [0, 0.05) is 0 Å². The fourth-order valence-corrected chi connectivity index (χ4v) is 6.18. The van der Waals surface area contributed by atoms with E-state index < -0.39 is 50.9 Å². The summed E-state index contributed by atoms with van der Waals surface area (Å²) in [7, 11) is 0. The topological polar surface area (TPSA) is 140 Å². The Labute approximate surface area is 257 Å². The van der Waals surface area contributed by atoms with Crippen LogP contribution in [0.2, 0.25) is 0 Å². The Morgan fingerprint density at radius 1 is 1.02 bits per heavy atom. The Morgan fingerprint density at radius 3 is 2.40 bits per heavy atom. The van der Waals surface area contributed by atoms with Crippen LogP contribution in [0.5, 0.6) is 0 Å². The molecule has 0 atom stereocenters. The molecule has 45 heavy (non-hydrogen) atoms. The quantitative estimate of drug-likeness (QED) is 0.189. The number of anilines is 2. The first kappa shape index (κ1) is 32.2. The van der Waals surface area contributed by atoms with Gasteiger partial charge in [-0.05, 0) is 0 Å². The monoisotopic (exact) mass is 697 g/mol. The number of alkyl halides is 6. The molecule has 5 rings (SSSR count). The van der Waals surface area contributed by atoms with Crippen molar-refractivity contribution in [3.8, 4) is 11.1 Å². The fraction of sp³-hybridized carbons (Fsp3) is 0.296. The zero-order chi connectivity index (χ0) is 32.4. The summed E-state index contributed by atoms with van der Waals surface area (Å²) in [6.07, 6.45) is -8.16. The average molecular weight is 697 g/mol. The number of pyridine rings is 1. The number of carbonyl (C=O) groups is 2. The molecule has 0 unspecified atom stereocenters. The SMILES string of the molecule is Nc1ncnn2c(CN3CCOCC3)c(C(=O)NCC(F)(F)F)c(-c3ccc([As]C(=O)Nc4cccc(C(F)(F)F)n4)cc3)c12. The van der Waals surface area contributed by atoms with Crippen LogP contribution in [-0.2, 0) is 17.5 Å². The van der Waals surface area contributed by atoms with Crippen LogP contribution >= 0.6 is 0 Å². The first-order valence-corrected chi connectivity index (χ1v) is 15.1. The minimum absolute atomic E-state index is 0.0125. The predicted octanol–water partition coefficient (Wildman–Crippen LogP) is 3.08. The van der Waals surface area contributed by atoms with Gasteiger partial charge in [0.25, 0.3) is 0 Å². The molecule has 1 aromatic carbocycles. The van der Waals surface area contributed by atoms with Crippen molar-refractivity contribution in [2.75, 3.05) is 43.9 Å². The van der Waals surface area contributed by atoms with Crippen LogP contribution in [0.25, 0.3) is 16.6 Å². The number of rotatable bonds is 8. The van der Waals surface area contributed by atoms with Gasteiger partial charge in [0.1, 0.15) is 0 Å². The summed E-state index contributed by atoms with van der Waals surface area (Å²) < 4.78 is 85.0. The third kappa shape index (κ3) is 7.72. The number of fused-ring (bicyclic) bond motifs is 1. The standard InChI is InChI=1S/C27H24AsF6N8O3/c29-26(30,31)13-36-24(43)21-17(12-41-8-10-45-11-9-41)42-22(23(35)37-14-38-42)20(21)15-4-6-16(7-5-15)28-25(44)40-19-3-1-2-18(39-19)27(32,33)34/h1-7,14H,8-13H2,(H,36,43)(H2,35,37,38)(H,39,40,44). The number of carbonyl (C=O) groups excluding carboxylic acids is 2. The Morgan fingerprint density at radius 2 is 1.73 bits per heavy atom. The van der Waals surface area contributed by atoms with Crippen LogP contribution in [0.3, 0.4) is 0 Å². The molecule has 4 N–H and O–H groups in total. The van der Waals surface area contributed by atoms with Gasteiger partial charge in [-0.2, -0.15) is 0 Å². The number of nitrogens with one attached hydrogen (secondary N) is 2. The van der Waals surface area contributed by atoms with Gasteiger partial charge in [0.15, 0.2) is 0 Å². The second-order valence-electron chi connectivity index (χ2n) is 9.78. The van der Waals surface area contributed by atoms with E-state index in [1.54, 1.807) is 24.3 Å². The normalized spacial score (nSPS) is 14.7. The van der Waals surface area contributed by atoms with Crippen LogP contribution in [0, 0.1) is 0 Å². The van der Waals surface area contributed by atoms with Crippen molar-refractivity contribution in [3.05, 3.63) is 65.7 Å². The van der Waals surface area contributed by atoms with Crippen molar-refractivity contribution in [1.29, 1.82) is 0 Å². The minimum atomic E-state index is -4.67. The van der Waals surface area contributed by atoms with Crippen molar-refractivity contribution >= 4 is 47.9 Å². The van der Waals surface area contributed by atoms with Gasteiger partial charge < -0.3 is 0 Å². The van der Waals surface area contributed by atoms with Gasteiger partial charge in [-0.3, -0.25) is 0 Å². The molecule has 18 heteroatoms. The molecular weight excluding hydrogens is 673 g/mol. The van der Waals surface area contributed by atoms with Crippen LogP contribution in [0.15, 0.2) is 48.8 Å². The molecule has 3 aromatic heterocycles. The molecule has 11 nitrogen and oxygen atoms in total. The van der Waals surface area contributed by atoms with E-state index in [0.717, 1.165) is 12.1 Å². The molecule has 4 heterocycles. The summed E-state index contributed by atoms with van der Waals surface area (Å²) >= 11 is -1.25. The number of hydrogen-bond acceptors (Lipinski definition) is 8. The number of benzene rings is 1. The number of halogens is 6. The van der Waals surface area contributed by atoms with Crippen molar-refractivity contribution in [3.63, 3.8) is 0 Å². The van der Waals surface area contributed by atoms with E-state index in [9.17, 15) is 35.9 Å². The van der Waals surface area contributed by atoms with E-state index in [1.807, 2.05) is 10.2 Å². The second-order valence-corrected chi connectivity index (χ2v) is 12.2. The van der Waals surface area contributed by atoms with Crippen molar-refractivity contribution in [2.45, 2.75) is 18.9 Å². The number of hydrogen-bond donors (Lipinski definition) is 3. The third-order valence-corrected chi connectivity index (χ3v) is 8.49. The Bertz CT molecular complexity index is 1710. The molecule has 0 bridgehead atoms. The molecule has 0 saturated carbocycles. The summed E-state index contributed by atoms with van der Waals surface area (Å²) in [5, 5.41) is 8.58. The van der Waals surface area contributed by atoms with E-state index in [4.69, 9.17) is 10.5 Å². The second kappa shape index (κ2) is 13.0. The molecule has 0 aliphatic carbocycles. The van der Waals surface area contributed by atoms with Crippen molar-refractivity contribution < 1.29 is 40.7 Å². The van der Waals surface area contributed by atoms with E-state index in [0.29, 0.717) is 41.9 Å². The number of aromatic nitrogens is 4. The van der Waals surface area contributed by atoms with Gasteiger partial charge in [0.05, 0.1) is 0 Å². The molecule has 2 amide bonds. The molecule has 1 saturated heterocycles. The molecule has 1 aliphatic heterocycles. The van der Waals surface area contributed by atoms with E-state index in [-0.39, 0.29) is 34.8 Å². The number of ether oxygens (including phenoxy) is 1. The molecule has 0 spiro atoms. The van der Waals surface area contributed by atoms with Gasteiger partial charge in [-0.1, -0.05) is 0 Å². The first-order valence-electron chi connectivity index (χ1n) is 13.3. The molecular formula is C27H24AsF6N8O3. The number of morpholine rings is 1. The van der Waals surface area contributed by atoms with E-state index in [2.05, 4.69) is 20.4 Å². The molecule has 4 aromatic rings. The molecule has 1 radical (unpaired) electrons. The van der Waals surface area contributed by atoms with Gasteiger partial charge in [-0.15, -0.1) is 0 Å². The predicted molar refractivity (Wildman–Crippen MR) is 151 cm³/mol. The Balaban J connectivity index is 1.48. The van der Waals surface area contributed by atoms with E-state index in [1.165, 1.54) is 16.9 Å². The zero-order valence-electron chi connectivity index (χ0n) is 23.1. The average Bonchev–Trinajstić information content (AvgIpc) is 3.31. The van der Waals surface area contributed by atoms with Crippen LogP contribution < -0.4 is 20.7 Å². The number of nitrogens with zero attached hydrogens (tertiary/aromatic N) is 5. The maximum atomic E-state index is 13.4. The van der Waals surface area contributed by atoms with Gasteiger partial charge in [-0.25, -0.2) is 0 Å². The maximum absolute atomic E-state index is 13.4. The summed E-state index contributed by atoms with van der Waals surface area (Å²) in [5.74, 6) is -1.25. The summed E-state index contributed by atoms with van der Waals surface area (Å²) in [6.45, 7) is 0.497. The summed E-state index contributed by atoms with van der Waals surface area (Å²) in [4.78, 5) is 35.5. The van der Waals surface area contributed by atoms with Crippen molar-refractivity contribution in [2.24, 2.45) is 0 Å². The van der Waals surface area contributed by atoms with E-state index >= 15 is 0 Å². The van der Waals surface area contributed by atoms with Crippen LogP contribution in [0.1, 0.15) is 21.7 Å².